The van der Waals surface area contributed by atoms with Gasteiger partial charge in [-0.3, -0.25) is 4.79 Å². The quantitative estimate of drug-likeness (QED) is 0.167. The monoisotopic (exact) mass is 571 g/mol. The van der Waals surface area contributed by atoms with Crippen molar-refractivity contribution < 1.29 is 32.9 Å². The number of carbonyl (C=O) groups excluding carboxylic acids is 1. The van der Waals surface area contributed by atoms with Crippen molar-refractivity contribution in [2.24, 2.45) is 5.10 Å². The van der Waals surface area contributed by atoms with Gasteiger partial charge in [0.1, 0.15) is 11.3 Å². The van der Waals surface area contributed by atoms with Gasteiger partial charge in [-0.05, 0) is 56.3 Å². The van der Waals surface area contributed by atoms with Crippen LogP contribution in [0, 0.1) is 0 Å². The van der Waals surface area contributed by atoms with Crippen LogP contribution in [0.25, 0.3) is 33.5 Å². The van der Waals surface area contributed by atoms with E-state index in [0.29, 0.717) is 45.1 Å². The lowest BCUT2D eigenvalue weighted by Crippen LogP contribution is -2.26. The van der Waals surface area contributed by atoms with Crippen molar-refractivity contribution in [1.29, 1.82) is 0 Å². The first kappa shape index (κ1) is 28.2. The summed E-state index contributed by atoms with van der Waals surface area (Å²) in [6.07, 6.45) is 0.563. The summed E-state index contributed by atoms with van der Waals surface area (Å²) in [5.74, 6) is 1.45. The van der Waals surface area contributed by atoms with E-state index in [1.807, 2.05) is 12.1 Å². The molecule has 11 heteroatoms. The average molecular weight is 572 g/mol. The second-order valence-electron chi connectivity index (χ2n) is 9.06. The minimum atomic E-state index is -0.903. The predicted molar refractivity (Wildman–Crippen MR) is 157 cm³/mol. The molecule has 5 aromatic rings. The van der Waals surface area contributed by atoms with Crippen LogP contribution in [0.15, 0.2) is 75.0 Å². The molecule has 216 valence electrons. The standard InChI is InChI=1S/C31H29N3O8/c1-6-40-31(36)18(2)41-28-25(38-4)14-19(15-26(28)39-5)17-32-34-29(33-22-11-8-7-10-20(22)30(34)35)27-16-21-23(37-3)12-9-13-24(21)42-27/h7-18H,6H2,1-5H3/t18-/m1/s1. The second-order valence-corrected chi connectivity index (χ2v) is 9.06. The van der Waals surface area contributed by atoms with Crippen LogP contribution in [-0.4, -0.2) is 55.9 Å². The van der Waals surface area contributed by atoms with Crippen LogP contribution in [0.5, 0.6) is 23.0 Å². The topological polar surface area (TPSA) is 124 Å². The molecule has 0 saturated carbocycles. The van der Waals surface area contributed by atoms with Gasteiger partial charge < -0.3 is 28.1 Å². The Balaban J connectivity index is 1.61. The Morgan fingerprint density at radius 1 is 0.976 bits per heavy atom. The van der Waals surface area contributed by atoms with Crippen molar-refractivity contribution in [3.05, 3.63) is 76.6 Å². The third kappa shape index (κ3) is 5.36. The number of hydrogen-bond acceptors (Lipinski definition) is 10. The second kappa shape index (κ2) is 12.0. The van der Waals surface area contributed by atoms with Gasteiger partial charge in [-0.1, -0.05) is 18.2 Å². The number of hydrogen-bond donors (Lipinski definition) is 0. The number of rotatable bonds is 10. The van der Waals surface area contributed by atoms with Crippen LogP contribution >= 0.6 is 0 Å². The van der Waals surface area contributed by atoms with Crippen molar-refractivity contribution in [2.45, 2.75) is 20.0 Å². The lowest BCUT2D eigenvalue weighted by Gasteiger charge is -2.18. The molecule has 5 rings (SSSR count). The van der Waals surface area contributed by atoms with Crippen molar-refractivity contribution in [2.75, 3.05) is 27.9 Å². The average Bonchev–Trinajstić information content (AvgIpc) is 3.45. The van der Waals surface area contributed by atoms with Gasteiger partial charge in [0.25, 0.3) is 5.56 Å². The van der Waals surface area contributed by atoms with E-state index in [0.717, 1.165) is 5.39 Å². The predicted octanol–water partition coefficient (Wildman–Crippen LogP) is 5.05. The Kier molecular flexibility index (Phi) is 8.09. The lowest BCUT2D eigenvalue weighted by molar-refractivity contribution is -0.150. The zero-order chi connectivity index (χ0) is 29.8. The Morgan fingerprint density at radius 3 is 2.38 bits per heavy atom. The summed E-state index contributed by atoms with van der Waals surface area (Å²) < 4.78 is 34.6. The molecule has 1 atom stereocenters. The smallest absolute Gasteiger partial charge is 0.347 e. The molecular formula is C31H29N3O8. The summed E-state index contributed by atoms with van der Waals surface area (Å²) in [6, 6.07) is 17.5. The minimum absolute atomic E-state index is 0.204. The molecule has 2 heterocycles. The Labute approximate surface area is 240 Å². The maximum absolute atomic E-state index is 13.7. The number of ether oxygens (including phenoxy) is 5. The molecule has 3 aromatic carbocycles. The van der Waals surface area contributed by atoms with E-state index < -0.39 is 12.1 Å². The molecule has 0 aliphatic rings. The number of para-hydroxylation sites is 1. The van der Waals surface area contributed by atoms with Crippen LogP contribution in [0.3, 0.4) is 0 Å². The summed E-state index contributed by atoms with van der Waals surface area (Å²) in [6.45, 7) is 3.51. The zero-order valence-electron chi connectivity index (χ0n) is 23.7. The number of nitrogens with zero attached hydrogens (tertiary/aromatic N) is 3. The summed E-state index contributed by atoms with van der Waals surface area (Å²) in [5.41, 5.74) is 1.21. The number of methoxy groups -OCH3 is 3. The van der Waals surface area contributed by atoms with Gasteiger partial charge in [0.2, 0.25) is 11.6 Å². The molecule has 0 aliphatic heterocycles. The van der Waals surface area contributed by atoms with E-state index in [1.165, 1.54) is 25.1 Å². The van der Waals surface area contributed by atoms with E-state index in [9.17, 15) is 9.59 Å². The van der Waals surface area contributed by atoms with E-state index in [2.05, 4.69) is 5.10 Å². The van der Waals surface area contributed by atoms with Gasteiger partial charge >= 0.3 is 5.97 Å². The molecule has 0 fully saturated rings. The third-order valence-electron chi connectivity index (χ3n) is 6.43. The fourth-order valence-electron chi connectivity index (χ4n) is 4.41. The van der Waals surface area contributed by atoms with Crippen LogP contribution in [-0.2, 0) is 9.53 Å². The number of esters is 1. The third-order valence-corrected chi connectivity index (χ3v) is 6.43. The van der Waals surface area contributed by atoms with Crippen LogP contribution in [0.4, 0.5) is 0 Å². The highest BCUT2D eigenvalue weighted by atomic mass is 16.6. The first-order valence-corrected chi connectivity index (χ1v) is 13.1. The van der Waals surface area contributed by atoms with Gasteiger partial charge in [0.15, 0.2) is 23.4 Å². The normalized spacial score (nSPS) is 12.0. The fourth-order valence-corrected chi connectivity index (χ4v) is 4.41. The fraction of sp³-hybridized carbons (Fsp3) is 0.226. The number of furan rings is 1. The largest absolute Gasteiger partial charge is 0.496 e. The molecule has 2 aromatic heterocycles. The van der Waals surface area contributed by atoms with Crippen molar-refractivity contribution in [3.63, 3.8) is 0 Å². The van der Waals surface area contributed by atoms with Crippen molar-refractivity contribution >= 4 is 34.1 Å². The van der Waals surface area contributed by atoms with Crippen LogP contribution in [0.1, 0.15) is 19.4 Å². The number of carbonyl (C=O) groups is 1. The molecular weight excluding hydrogens is 542 g/mol. The maximum atomic E-state index is 13.7. The van der Waals surface area contributed by atoms with Gasteiger partial charge in [-0.15, -0.1) is 0 Å². The Hall–Kier alpha value is -5.32. The SMILES string of the molecule is CCOC(=O)[C@@H](C)Oc1c(OC)cc(C=Nn2c(-c3cc4c(OC)cccc4o3)nc3ccccc3c2=O)cc1OC. The first-order chi connectivity index (χ1) is 20.4. The molecule has 0 unspecified atom stereocenters. The van der Waals surface area contributed by atoms with Gasteiger partial charge in [-0.2, -0.15) is 9.78 Å². The van der Waals surface area contributed by atoms with E-state index in [-0.39, 0.29) is 23.7 Å². The molecule has 0 amide bonds. The Morgan fingerprint density at radius 2 is 1.69 bits per heavy atom. The Bertz CT molecular complexity index is 1830. The van der Waals surface area contributed by atoms with E-state index in [1.54, 1.807) is 69.5 Å². The van der Waals surface area contributed by atoms with Gasteiger partial charge in [0, 0.05) is 5.56 Å². The maximum Gasteiger partial charge on any atom is 0.347 e. The molecule has 0 N–H and O–H groups in total. The van der Waals surface area contributed by atoms with Gasteiger partial charge in [-0.25, -0.2) is 9.78 Å². The van der Waals surface area contributed by atoms with Crippen molar-refractivity contribution in [1.82, 2.24) is 9.66 Å². The summed E-state index contributed by atoms with van der Waals surface area (Å²) in [5, 5.41) is 5.63. The highest BCUT2D eigenvalue weighted by Gasteiger charge is 2.22. The molecule has 11 nitrogen and oxygen atoms in total. The number of fused-ring (bicyclic) bond motifs is 2. The number of aromatic nitrogens is 2. The van der Waals surface area contributed by atoms with Gasteiger partial charge in [0.05, 0.1) is 50.4 Å². The molecule has 0 saturated heterocycles. The number of benzene rings is 3. The lowest BCUT2D eigenvalue weighted by atomic mass is 10.2. The molecule has 0 aliphatic carbocycles. The molecule has 0 spiro atoms. The zero-order valence-corrected chi connectivity index (χ0v) is 23.7. The first-order valence-electron chi connectivity index (χ1n) is 13.1. The van der Waals surface area contributed by atoms with Crippen molar-refractivity contribution in [3.8, 4) is 34.6 Å². The van der Waals surface area contributed by atoms with E-state index in [4.69, 9.17) is 33.1 Å². The summed E-state index contributed by atoms with van der Waals surface area (Å²) in [4.78, 5) is 30.5. The summed E-state index contributed by atoms with van der Waals surface area (Å²) >= 11 is 0. The summed E-state index contributed by atoms with van der Waals surface area (Å²) in [7, 11) is 4.50. The van der Waals surface area contributed by atoms with Crippen LogP contribution < -0.4 is 24.5 Å². The molecule has 0 radical (unpaired) electrons. The molecule has 42 heavy (non-hydrogen) atoms. The highest BCUT2D eigenvalue weighted by Crippen LogP contribution is 2.39. The van der Waals surface area contributed by atoms with E-state index >= 15 is 0 Å². The van der Waals surface area contributed by atoms with Crippen LogP contribution in [0.2, 0.25) is 0 Å². The highest BCUT2D eigenvalue weighted by molar-refractivity contribution is 5.89. The molecule has 0 bridgehead atoms. The minimum Gasteiger partial charge on any atom is -0.496 e.